The topological polar surface area (TPSA) is 67.5 Å². The number of carbonyl (C=O) groups excluding carboxylic acids is 2. The number of aromatic nitrogens is 1. The lowest BCUT2D eigenvalue weighted by Crippen LogP contribution is -2.64. The summed E-state index contributed by atoms with van der Waals surface area (Å²) in [6.45, 7) is 4.90. The quantitative estimate of drug-likeness (QED) is 0.544. The minimum absolute atomic E-state index is 0.0867. The molecule has 1 N–H and O–H groups in total. The van der Waals surface area contributed by atoms with Crippen molar-refractivity contribution in [3.8, 4) is 0 Å². The van der Waals surface area contributed by atoms with E-state index in [-0.39, 0.29) is 17.9 Å². The number of amides is 2. The molecule has 2 aliphatic rings. The summed E-state index contributed by atoms with van der Waals surface area (Å²) >= 11 is 3.51. The van der Waals surface area contributed by atoms with Crippen LogP contribution in [-0.2, 0) is 17.9 Å². The van der Waals surface area contributed by atoms with Gasteiger partial charge in [0.15, 0.2) is 5.58 Å². The second kappa shape index (κ2) is 8.10. The monoisotopic (exact) mass is 497 g/mol. The lowest BCUT2D eigenvalue weighted by Gasteiger charge is -2.45. The molecule has 2 amide bonds. The van der Waals surface area contributed by atoms with Gasteiger partial charge in [0.05, 0.1) is 18.3 Å². The Kier molecular flexibility index (Phi) is 5.40. The number of nitrogens with one attached hydrogen (secondary N) is 1. The first-order valence-corrected chi connectivity index (χ1v) is 12.1. The van der Waals surface area contributed by atoms with Crippen LogP contribution in [0.4, 0.5) is 0 Å². The molecule has 1 aliphatic carbocycles. The van der Waals surface area contributed by atoms with Crippen molar-refractivity contribution in [1.29, 1.82) is 0 Å². The zero-order chi connectivity index (χ0) is 22.5. The second-order valence-corrected chi connectivity index (χ2v) is 10.4. The van der Waals surface area contributed by atoms with E-state index < -0.39 is 5.54 Å². The fraction of sp³-hybridized carbons (Fsp3) is 0.440. The van der Waals surface area contributed by atoms with Crippen molar-refractivity contribution in [2.24, 2.45) is 5.92 Å². The van der Waals surface area contributed by atoms with Gasteiger partial charge in [-0.1, -0.05) is 35.0 Å². The molecular weight excluding hydrogens is 470 g/mol. The number of fused-ring (bicyclic) bond motifs is 3. The first-order valence-electron chi connectivity index (χ1n) is 11.3. The molecule has 3 aromatic rings. The van der Waals surface area contributed by atoms with Gasteiger partial charge in [-0.2, -0.15) is 0 Å². The number of carbonyl (C=O) groups is 2. The number of hydrogen-bond acceptors (Lipinski definition) is 3. The molecule has 0 radical (unpaired) electrons. The number of halogens is 1. The van der Waals surface area contributed by atoms with Crippen molar-refractivity contribution < 1.29 is 14.0 Å². The summed E-state index contributed by atoms with van der Waals surface area (Å²) in [5, 5.41) is 3.28. The van der Waals surface area contributed by atoms with E-state index in [0.29, 0.717) is 30.3 Å². The average Bonchev–Trinajstić information content (AvgIpc) is 3.35. The van der Waals surface area contributed by atoms with E-state index in [4.69, 9.17) is 4.42 Å². The van der Waals surface area contributed by atoms with Crippen molar-refractivity contribution in [3.05, 3.63) is 58.4 Å². The number of furan rings is 1. The summed E-state index contributed by atoms with van der Waals surface area (Å²) in [4.78, 5) is 29.2. The lowest BCUT2D eigenvalue weighted by molar-refractivity contribution is -0.134. The molecular formula is C25H28BrN3O3. The van der Waals surface area contributed by atoms with E-state index in [9.17, 15) is 9.59 Å². The van der Waals surface area contributed by atoms with Gasteiger partial charge in [0.2, 0.25) is 5.91 Å². The van der Waals surface area contributed by atoms with Crippen molar-refractivity contribution in [2.45, 2.75) is 64.2 Å². The van der Waals surface area contributed by atoms with Gasteiger partial charge in [-0.15, -0.1) is 0 Å². The zero-order valence-electron chi connectivity index (χ0n) is 18.4. The predicted octanol–water partition coefficient (Wildman–Crippen LogP) is 5.11. The second-order valence-electron chi connectivity index (χ2n) is 9.51. The Morgan fingerprint density at radius 2 is 2.00 bits per heavy atom. The molecule has 3 heterocycles. The van der Waals surface area contributed by atoms with Gasteiger partial charge in [0, 0.05) is 29.2 Å². The van der Waals surface area contributed by atoms with Crippen LogP contribution in [0.2, 0.25) is 0 Å². The Morgan fingerprint density at radius 1 is 1.22 bits per heavy atom. The van der Waals surface area contributed by atoms with Gasteiger partial charge < -0.3 is 19.2 Å². The van der Waals surface area contributed by atoms with Crippen LogP contribution in [0.15, 0.2) is 51.6 Å². The zero-order valence-corrected chi connectivity index (χ0v) is 20.0. The summed E-state index contributed by atoms with van der Waals surface area (Å²) < 4.78 is 8.43. The van der Waals surface area contributed by atoms with Crippen molar-refractivity contribution in [2.75, 3.05) is 0 Å². The third-order valence-electron chi connectivity index (χ3n) is 7.12. The first kappa shape index (κ1) is 21.3. The summed E-state index contributed by atoms with van der Waals surface area (Å²) in [5.41, 5.74) is 2.04. The highest BCUT2D eigenvalue weighted by Gasteiger charge is 2.48. The summed E-state index contributed by atoms with van der Waals surface area (Å²) in [7, 11) is 0. The third-order valence-corrected chi connectivity index (χ3v) is 7.61. The molecule has 0 unspecified atom stereocenters. The van der Waals surface area contributed by atoms with Gasteiger partial charge in [-0.3, -0.25) is 9.59 Å². The SMILES string of the molecule is CC1CCC(NC(=O)[C@]2(C)Cn3c(cc4occc43)C(=O)N2Cc2cccc(Br)c2)CC1. The van der Waals surface area contributed by atoms with Gasteiger partial charge in [-0.05, 0) is 56.2 Å². The molecule has 7 heteroatoms. The van der Waals surface area contributed by atoms with Crippen molar-refractivity contribution in [3.63, 3.8) is 0 Å². The van der Waals surface area contributed by atoms with Gasteiger partial charge in [-0.25, -0.2) is 0 Å². The molecule has 1 atom stereocenters. The highest BCUT2D eigenvalue weighted by Crippen LogP contribution is 2.34. The normalized spacial score (nSPS) is 25.7. The Labute approximate surface area is 196 Å². The minimum atomic E-state index is -1.02. The maximum absolute atomic E-state index is 13.7. The van der Waals surface area contributed by atoms with E-state index in [1.54, 1.807) is 17.2 Å². The minimum Gasteiger partial charge on any atom is -0.463 e. The van der Waals surface area contributed by atoms with Crippen LogP contribution in [0.5, 0.6) is 0 Å². The molecule has 1 aliphatic heterocycles. The van der Waals surface area contributed by atoms with Crippen LogP contribution in [0.25, 0.3) is 11.1 Å². The maximum Gasteiger partial charge on any atom is 0.271 e. The third kappa shape index (κ3) is 3.66. The Balaban J connectivity index is 1.51. The van der Waals surface area contributed by atoms with Crippen LogP contribution in [-0.4, -0.2) is 32.9 Å². The maximum atomic E-state index is 13.7. The smallest absolute Gasteiger partial charge is 0.271 e. The van der Waals surface area contributed by atoms with E-state index in [2.05, 4.69) is 28.2 Å². The molecule has 168 valence electrons. The molecule has 1 fully saturated rings. The first-order chi connectivity index (χ1) is 15.3. The molecule has 0 bridgehead atoms. The Hall–Kier alpha value is -2.54. The van der Waals surface area contributed by atoms with Crippen LogP contribution in [0.3, 0.4) is 0 Å². The number of nitrogens with zero attached hydrogens (tertiary/aromatic N) is 2. The van der Waals surface area contributed by atoms with Crippen LogP contribution in [0, 0.1) is 5.92 Å². The van der Waals surface area contributed by atoms with Crippen LogP contribution < -0.4 is 5.32 Å². The average molecular weight is 498 g/mol. The lowest BCUT2D eigenvalue weighted by atomic mass is 9.86. The Bertz CT molecular complexity index is 1170. The largest absolute Gasteiger partial charge is 0.463 e. The molecule has 32 heavy (non-hydrogen) atoms. The summed E-state index contributed by atoms with van der Waals surface area (Å²) in [6.07, 6.45) is 5.85. The molecule has 6 nitrogen and oxygen atoms in total. The van der Waals surface area contributed by atoms with Crippen LogP contribution >= 0.6 is 15.9 Å². The standard InChI is InChI=1S/C25H28BrN3O3/c1-16-6-8-19(9-7-16)27-24(31)25(2)15-28-20-10-11-32-22(20)13-21(28)23(30)29(25)14-17-4-3-5-18(26)12-17/h3-5,10-13,16,19H,6-9,14-15H2,1-2H3,(H,27,31)/t16?,19?,25-/m0/s1. The molecule has 5 rings (SSSR count). The highest BCUT2D eigenvalue weighted by molar-refractivity contribution is 9.10. The molecule has 1 aromatic carbocycles. The molecule has 1 saturated carbocycles. The number of hydrogen-bond donors (Lipinski definition) is 1. The highest BCUT2D eigenvalue weighted by atomic mass is 79.9. The van der Waals surface area contributed by atoms with E-state index in [0.717, 1.165) is 41.2 Å². The van der Waals surface area contributed by atoms with Gasteiger partial charge >= 0.3 is 0 Å². The Morgan fingerprint density at radius 3 is 2.75 bits per heavy atom. The van der Waals surface area contributed by atoms with Gasteiger partial charge in [0.1, 0.15) is 11.2 Å². The summed E-state index contributed by atoms with van der Waals surface area (Å²) in [5.74, 6) is 0.466. The van der Waals surface area contributed by atoms with Crippen molar-refractivity contribution >= 4 is 38.8 Å². The van der Waals surface area contributed by atoms with Gasteiger partial charge in [0.25, 0.3) is 5.91 Å². The van der Waals surface area contributed by atoms with E-state index in [1.165, 1.54) is 0 Å². The van der Waals surface area contributed by atoms with Crippen LogP contribution in [0.1, 0.15) is 55.6 Å². The number of benzene rings is 1. The molecule has 0 spiro atoms. The fourth-order valence-corrected chi connectivity index (χ4v) is 5.53. The predicted molar refractivity (Wildman–Crippen MR) is 126 cm³/mol. The van der Waals surface area contributed by atoms with Crippen molar-refractivity contribution in [1.82, 2.24) is 14.8 Å². The summed E-state index contributed by atoms with van der Waals surface area (Å²) in [6, 6.07) is 11.7. The van der Waals surface area contributed by atoms with E-state index in [1.807, 2.05) is 41.8 Å². The van der Waals surface area contributed by atoms with E-state index >= 15 is 0 Å². The fourth-order valence-electron chi connectivity index (χ4n) is 5.08. The molecule has 0 saturated heterocycles. The number of rotatable bonds is 4. The molecule has 2 aromatic heterocycles.